The molecule has 0 aliphatic carbocycles. The Hall–Kier alpha value is -2.86. The minimum Gasteiger partial charge on any atom is -0.497 e. The third-order valence-corrected chi connectivity index (χ3v) is 7.44. The van der Waals surface area contributed by atoms with Crippen molar-refractivity contribution in [3.05, 3.63) is 53.7 Å². The van der Waals surface area contributed by atoms with Crippen LogP contribution < -0.4 is 4.74 Å². The van der Waals surface area contributed by atoms with Crippen molar-refractivity contribution in [2.45, 2.75) is 59.8 Å². The van der Waals surface area contributed by atoms with E-state index in [1.807, 2.05) is 28.9 Å². The third kappa shape index (κ3) is 6.92. The molecule has 1 fully saturated rings. The summed E-state index contributed by atoms with van der Waals surface area (Å²) in [4.78, 5) is 18.3. The first-order valence-electron chi connectivity index (χ1n) is 14.0. The predicted molar refractivity (Wildman–Crippen MR) is 151 cm³/mol. The van der Waals surface area contributed by atoms with Crippen LogP contribution in [0.25, 0.3) is 16.8 Å². The number of ether oxygens (including phenoxy) is 1. The quantitative estimate of drug-likeness (QED) is 0.279. The van der Waals surface area contributed by atoms with Crippen molar-refractivity contribution in [3.63, 3.8) is 0 Å². The van der Waals surface area contributed by atoms with Crippen LogP contribution in [0.5, 0.6) is 5.75 Å². The van der Waals surface area contributed by atoms with Gasteiger partial charge in [0.05, 0.1) is 18.3 Å². The highest BCUT2D eigenvalue weighted by Crippen LogP contribution is 2.30. The Balaban J connectivity index is 1.66. The Morgan fingerprint density at radius 1 is 1.03 bits per heavy atom. The van der Waals surface area contributed by atoms with Gasteiger partial charge in [-0.15, -0.1) is 0 Å². The Labute approximate surface area is 222 Å². The van der Waals surface area contributed by atoms with E-state index < -0.39 is 0 Å². The normalized spacial score (nSPS) is 13.9. The zero-order chi connectivity index (χ0) is 26.4. The molecule has 3 heterocycles. The van der Waals surface area contributed by atoms with Gasteiger partial charge in [-0.25, -0.2) is 4.52 Å². The lowest BCUT2D eigenvalue weighted by Gasteiger charge is -2.30. The van der Waals surface area contributed by atoms with Gasteiger partial charge in [0, 0.05) is 36.0 Å². The topological polar surface area (TPSA) is 50.1 Å². The third-order valence-electron chi connectivity index (χ3n) is 7.44. The van der Waals surface area contributed by atoms with Crippen LogP contribution in [0, 0.1) is 11.8 Å². The summed E-state index contributed by atoms with van der Waals surface area (Å²) < 4.78 is 7.31. The van der Waals surface area contributed by atoms with Gasteiger partial charge in [-0.05, 0) is 100.0 Å². The van der Waals surface area contributed by atoms with Crippen molar-refractivity contribution < 1.29 is 9.53 Å². The van der Waals surface area contributed by atoms with Gasteiger partial charge in [-0.3, -0.25) is 4.79 Å². The number of amides is 1. The molecule has 0 atom stereocenters. The average molecular weight is 505 g/mol. The van der Waals surface area contributed by atoms with E-state index in [1.165, 1.54) is 25.1 Å². The van der Waals surface area contributed by atoms with Crippen LogP contribution in [-0.4, -0.2) is 65.2 Å². The second kappa shape index (κ2) is 12.6. The molecule has 1 aromatic carbocycles. The first-order valence-corrected chi connectivity index (χ1v) is 14.0. The van der Waals surface area contributed by atoms with Crippen LogP contribution in [0.1, 0.15) is 69.3 Å². The number of rotatable bonds is 13. The van der Waals surface area contributed by atoms with E-state index in [9.17, 15) is 4.79 Å². The summed E-state index contributed by atoms with van der Waals surface area (Å²) >= 11 is 0. The zero-order valence-corrected chi connectivity index (χ0v) is 23.4. The second-order valence-corrected chi connectivity index (χ2v) is 11.3. The number of methoxy groups -OCH3 is 1. The Morgan fingerprint density at radius 3 is 2.27 bits per heavy atom. The number of hydrogen-bond acceptors (Lipinski definition) is 4. The maximum atomic E-state index is 13.7. The lowest BCUT2D eigenvalue weighted by molar-refractivity contribution is 0.0741. The number of benzene rings is 1. The monoisotopic (exact) mass is 504 g/mol. The smallest absolute Gasteiger partial charge is 0.253 e. The molecule has 1 aliphatic heterocycles. The zero-order valence-electron chi connectivity index (χ0n) is 23.4. The molecule has 2 aromatic heterocycles. The molecule has 0 radical (unpaired) electrons. The SMILES string of the molecule is COc1ccc(-c2nn3ccc(C(=O)N(CCC(C)C)CCC(C)C)cc3c2CCCN2CCC2)cc1. The van der Waals surface area contributed by atoms with Gasteiger partial charge in [0.25, 0.3) is 5.91 Å². The molecule has 200 valence electrons. The molecule has 0 saturated carbocycles. The summed E-state index contributed by atoms with van der Waals surface area (Å²) in [6, 6.07) is 12.1. The fraction of sp³-hybridized carbons (Fsp3) is 0.548. The van der Waals surface area contributed by atoms with Crippen LogP contribution in [0.4, 0.5) is 0 Å². The molecular weight excluding hydrogens is 460 g/mol. The molecule has 0 bridgehead atoms. The van der Waals surface area contributed by atoms with Gasteiger partial charge in [0.1, 0.15) is 5.75 Å². The highest BCUT2D eigenvalue weighted by molar-refractivity contribution is 5.95. The van der Waals surface area contributed by atoms with Crippen LogP contribution in [-0.2, 0) is 6.42 Å². The summed E-state index contributed by atoms with van der Waals surface area (Å²) in [5.41, 5.74) is 5.08. The van der Waals surface area contributed by atoms with Crippen LogP contribution in [0.15, 0.2) is 42.6 Å². The van der Waals surface area contributed by atoms with Gasteiger partial charge in [-0.1, -0.05) is 27.7 Å². The summed E-state index contributed by atoms with van der Waals surface area (Å²) in [6.07, 6.45) is 7.31. The summed E-state index contributed by atoms with van der Waals surface area (Å²) in [7, 11) is 1.69. The highest BCUT2D eigenvalue weighted by atomic mass is 16.5. The van der Waals surface area contributed by atoms with Crippen molar-refractivity contribution in [3.8, 4) is 17.0 Å². The lowest BCUT2D eigenvalue weighted by Crippen LogP contribution is -2.37. The molecule has 0 N–H and O–H groups in total. The molecule has 4 rings (SSSR count). The number of nitrogens with zero attached hydrogens (tertiary/aromatic N) is 4. The largest absolute Gasteiger partial charge is 0.497 e. The van der Waals surface area contributed by atoms with E-state index in [1.54, 1.807) is 7.11 Å². The summed E-state index contributed by atoms with van der Waals surface area (Å²) in [6.45, 7) is 14.0. The molecule has 3 aromatic rings. The summed E-state index contributed by atoms with van der Waals surface area (Å²) in [5.74, 6) is 2.10. The molecule has 0 spiro atoms. The van der Waals surface area contributed by atoms with Crippen molar-refractivity contribution >= 4 is 11.4 Å². The Morgan fingerprint density at radius 2 is 1.70 bits per heavy atom. The molecule has 6 heteroatoms. The Kier molecular flexibility index (Phi) is 9.25. The number of pyridine rings is 1. The number of carbonyl (C=O) groups excluding carboxylic acids is 1. The summed E-state index contributed by atoms with van der Waals surface area (Å²) in [5, 5.41) is 4.97. The fourth-order valence-electron chi connectivity index (χ4n) is 4.87. The van der Waals surface area contributed by atoms with Crippen molar-refractivity contribution in [1.29, 1.82) is 0 Å². The number of likely N-dealkylation sites (tertiary alicyclic amines) is 1. The van der Waals surface area contributed by atoms with E-state index in [4.69, 9.17) is 9.84 Å². The van der Waals surface area contributed by atoms with Crippen LogP contribution >= 0.6 is 0 Å². The number of hydrogen-bond donors (Lipinski definition) is 0. The van der Waals surface area contributed by atoms with Gasteiger partial charge < -0.3 is 14.5 Å². The fourth-order valence-corrected chi connectivity index (χ4v) is 4.87. The molecule has 0 unspecified atom stereocenters. The standard InChI is InChI=1S/C31H44N4O2/c1-23(2)13-19-34(20-14-24(3)4)31(36)26-15-21-35-29(22-26)28(8-6-16-33-17-7-18-33)30(32-35)25-9-11-27(37-5)12-10-25/h9-12,15,21-24H,6-8,13-14,16-20H2,1-5H3. The van der Waals surface area contributed by atoms with E-state index in [-0.39, 0.29) is 5.91 Å². The highest BCUT2D eigenvalue weighted by Gasteiger charge is 2.21. The number of aryl methyl sites for hydroxylation is 1. The van der Waals surface area contributed by atoms with Crippen molar-refractivity contribution in [2.75, 3.05) is 39.8 Å². The van der Waals surface area contributed by atoms with Gasteiger partial charge in [-0.2, -0.15) is 5.10 Å². The molecule has 1 amide bonds. The second-order valence-electron chi connectivity index (χ2n) is 11.3. The molecule has 37 heavy (non-hydrogen) atoms. The van der Waals surface area contributed by atoms with E-state index in [0.717, 1.165) is 73.4 Å². The maximum absolute atomic E-state index is 13.7. The van der Waals surface area contributed by atoms with Crippen molar-refractivity contribution in [2.24, 2.45) is 11.8 Å². The van der Waals surface area contributed by atoms with E-state index in [0.29, 0.717) is 11.8 Å². The first kappa shape index (κ1) is 27.2. The van der Waals surface area contributed by atoms with E-state index >= 15 is 0 Å². The molecule has 1 aliphatic rings. The average Bonchev–Trinajstić information content (AvgIpc) is 3.22. The van der Waals surface area contributed by atoms with Crippen LogP contribution in [0.2, 0.25) is 0 Å². The molecule has 1 saturated heterocycles. The number of aromatic nitrogens is 2. The minimum atomic E-state index is 0.127. The Bertz CT molecular complexity index is 1150. The van der Waals surface area contributed by atoms with E-state index in [2.05, 4.69) is 55.7 Å². The van der Waals surface area contributed by atoms with Crippen LogP contribution in [0.3, 0.4) is 0 Å². The van der Waals surface area contributed by atoms with Gasteiger partial charge in [0.15, 0.2) is 0 Å². The number of fused-ring (bicyclic) bond motifs is 1. The first-order chi connectivity index (χ1) is 17.9. The lowest BCUT2D eigenvalue weighted by atomic mass is 10.0. The number of carbonyl (C=O) groups is 1. The predicted octanol–water partition coefficient (Wildman–Crippen LogP) is 6.18. The molecule has 6 nitrogen and oxygen atoms in total. The maximum Gasteiger partial charge on any atom is 0.253 e. The van der Waals surface area contributed by atoms with Gasteiger partial charge >= 0.3 is 0 Å². The molecular formula is C31H44N4O2. The van der Waals surface area contributed by atoms with Crippen molar-refractivity contribution in [1.82, 2.24) is 19.4 Å². The minimum absolute atomic E-state index is 0.127. The van der Waals surface area contributed by atoms with Gasteiger partial charge in [0.2, 0.25) is 0 Å².